The molecule has 0 spiro atoms. The van der Waals surface area contributed by atoms with Crippen molar-refractivity contribution in [2.24, 2.45) is 5.41 Å². The Labute approximate surface area is 74.3 Å². The molecule has 2 heteroatoms. The van der Waals surface area contributed by atoms with Gasteiger partial charge in [0.15, 0.2) is 0 Å². The van der Waals surface area contributed by atoms with Gasteiger partial charge >= 0.3 is 0 Å². The average Bonchev–Trinajstić information content (AvgIpc) is 2.80. The summed E-state index contributed by atoms with van der Waals surface area (Å²) in [5.74, 6) is 1.33. The fourth-order valence-corrected chi connectivity index (χ4v) is 2.28. The minimum absolute atomic E-state index is 0.678. The number of hydrogen-bond donors (Lipinski definition) is 1. The highest BCUT2D eigenvalue weighted by Crippen LogP contribution is 2.51. The number of hydrogen-bond acceptors (Lipinski definition) is 2. The van der Waals surface area contributed by atoms with Crippen molar-refractivity contribution in [3.05, 3.63) is 0 Å². The zero-order chi connectivity index (χ0) is 8.32. The highest BCUT2D eigenvalue weighted by Gasteiger charge is 2.45. The SMILES string of the molecule is CNC(C)C1(CCSC)CC1. The summed E-state index contributed by atoms with van der Waals surface area (Å²) in [4.78, 5) is 0. The molecule has 0 aliphatic heterocycles. The minimum Gasteiger partial charge on any atom is -0.317 e. The summed E-state index contributed by atoms with van der Waals surface area (Å²) in [5.41, 5.74) is 0.678. The van der Waals surface area contributed by atoms with Gasteiger partial charge in [0.25, 0.3) is 0 Å². The molecule has 1 nitrogen and oxygen atoms in total. The fourth-order valence-electron chi connectivity index (χ4n) is 1.67. The number of rotatable bonds is 5. The van der Waals surface area contributed by atoms with Crippen molar-refractivity contribution < 1.29 is 0 Å². The maximum absolute atomic E-state index is 3.37. The molecule has 0 bridgehead atoms. The van der Waals surface area contributed by atoms with Crippen LogP contribution in [0.1, 0.15) is 26.2 Å². The smallest absolute Gasteiger partial charge is 0.00924 e. The van der Waals surface area contributed by atoms with E-state index < -0.39 is 0 Å². The van der Waals surface area contributed by atoms with Crippen LogP contribution < -0.4 is 5.32 Å². The molecule has 1 unspecified atom stereocenters. The van der Waals surface area contributed by atoms with Crippen LogP contribution >= 0.6 is 11.8 Å². The summed E-state index contributed by atoms with van der Waals surface area (Å²) in [6.07, 6.45) is 6.47. The standard InChI is InChI=1S/C9H19NS/c1-8(10-2)9(4-5-9)6-7-11-3/h8,10H,4-7H2,1-3H3. The largest absolute Gasteiger partial charge is 0.317 e. The van der Waals surface area contributed by atoms with Gasteiger partial charge in [0.05, 0.1) is 0 Å². The molecule has 1 aliphatic carbocycles. The van der Waals surface area contributed by atoms with Crippen LogP contribution in [0.5, 0.6) is 0 Å². The van der Waals surface area contributed by atoms with Gasteiger partial charge in [-0.3, -0.25) is 0 Å². The van der Waals surface area contributed by atoms with Crippen LogP contribution in [0.25, 0.3) is 0 Å². The highest BCUT2D eigenvalue weighted by atomic mass is 32.2. The van der Waals surface area contributed by atoms with E-state index in [9.17, 15) is 0 Å². The first-order valence-corrected chi connectivity index (χ1v) is 5.81. The van der Waals surface area contributed by atoms with Gasteiger partial charge in [0.1, 0.15) is 0 Å². The van der Waals surface area contributed by atoms with E-state index in [0.29, 0.717) is 5.41 Å². The zero-order valence-corrected chi connectivity index (χ0v) is 8.63. The van der Waals surface area contributed by atoms with Gasteiger partial charge in [-0.1, -0.05) is 0 Å². The summed E-state index contributed by atoms with van der Waals surface area (Å²) < 4.78 is 0. The normalized spacial score (nSPS) is 23.2. The van der Waals surface area contributed by atoms with Crippen molar-refractivity contribution in [3.8, 4) is 0 Å². The summed E-state index contributed by atoms with van der Waals surface area (Å²) >= 11 is 1.97. The average molecular weight is 173 g/mol. The lowest BCUT2D eigenvalue weighted by Crippen LogP contribution is -2.32. The summed E-state index contributed by atoms with van der Waals surface area (Å²) in [6, 6.07) is 0.717. The molecule has 1 saturated carbocycles. The van der Waals surface area contributed by atoms with Crippen molar-refractivity contribution in [1.82, 2.24) is 5.32 Å². The Kier molecular flexibility index (Phi) is 3.26. The lowest BCUT2D eigenvalue weighted by Gasteiger charge is -2.22. The third kappa shape index (κ3) is 2.12. The van der Waals surface area contributed by atoms with E-state index in [1.165, 1.54) is 25.0 Å². The molecule has 1 rings (SSSR count). The van der Waals surface area contributed by atoms with Gasteiger partial charge in [-0.05, 0) is 50.7 Å². The molecule has 0 aromatic carbocycles. The maximum Gasteiger partial charge on any atom is 0.00924 e. The first-order valence-electron chi connectivity index (χ1n) is 4.41. The summed E-state index contributed by atoms with van der Waals surface area (Å²) in [5, 5.41) is 3.37. The van der Waals surface area contributed by atoms with Crippen LogP contribution in [-0.4, -0.2) is 25.1 Å². The van der Waals surface area contributed by atoms with Crippen LogP contribution in [0, 0.1) is 5.41 Å². The van der Waals surface area contributed by atoms with Crippen molar-refractivity contribution in [2.75, 3.05) is 19.1 Å². The molecule has 1 aliphatic rings. The van der Waals surface area contributed by atoms with Crippen molar-refractivity contribution in [1.29, 1.82) is 0 Å². The van der Waals surface area contributed by atoms with E-state index >= 15 is 0 Å². The second-order valence-electron chi connectivity index (χ2n) is 3.62. The van der Waals surface area contributed by atoms with Gasteiger partial charge < -0.3 is 5.32 Å². The van der Waals surface area contributed by atoms with Crippen LogP contribution in [-0.2, 0) is 0 Å². The quantitative estimate of drug-likeness (QED) is 0.683. The van der Waals surface area contributed by atoms with Crippen molar-refractivity contribution >= 4 is 11.8 Å². The molecule has 0 aromatic rings. The molecule has 1 N–H and O–H groups in total. The Balaban J connectivity index is 2.28. The third-order valence-corrected chi connectivity index (χ3v) is 3.66. The Morgan fingerprint density at radius 2 is 2.18 bits per heavy atom. The Bertz CT molecular complexity index is 121. The van der Waals surface area contributed by atoms with E-state index in [1.807, 2.05) is 11.8 Å². The van der Waals surface area contributed by atoms with Gasteiger partial charge in [0.2, 0.25) is 0 Å². The van der Waals surface area contributed by atoms with Crippen LogP contribution in [0.2, 0.25) is 0 Å². The maximum atomic E-state index is 3.37. The molecule has 0 radical (unpaired) electrons. The Morgan fingerprint density at radius 1 is 1.55 bits per heavy atom. The molecule has 0 heterocycles. The molecular formula is C9H19NS. The molecule has 0 amide bonds. The first-order chi connectivity index (χ1) is 5.25. The second-order valence-corrected chi connectivity index (χ2v) is 4.60. The molecular weight excluding hydrogens is 154 g/mol. The summed E-state index contributed by atoms with van der Waals surface area (Å²) in [6.45, 7) is 2.31. The lowest BCUT2D eigenvalue weighted by atomic mass is 9.95. The fraction of sp³-hybridized carbons (Fsp3) is 1.00. The van der Waals surface area contributed by atoms with E-state index in [4.69, 9.17) is 0 Å². The van der Waals surface area contributed by atoms with Crippen LogP contribution in [0.4, 0.5) is 0 Å². The van der Waals surface area contributed by atoms with Crippen LogP contribution in [0.15, 0.2) is 0 Å². The van der Waals surface area contributed by atoms with Gasteiger partial charge in [-0.25, -0.2) is 0 Å². The van der Waals surface area contributed by atoms with Crippen molar-refractivity contribution in [3.63, 3.8) is 0 Å². The van der Waals surface area contributed by atoms with Crippen LogP contribution in [0.3, 0.4) is 0 Å². The number of nitrogens with one attached hydrogen (secondary N) is 1. The topological polar surface area (TPSA) is 12.0 Å². The molecule has 1 fully saturated rings. The van der Waals surface area contributed by atoms with Gasteiger partial charge in [0, 0.05) is 6.04 Å². The number of thioether (sulfide) groups is 1. The van der Waals surface area contributed by atoms with Crippen molar-refractivity contribution in [2.45, 2.75) is 32.2 Å². The van der Waals surface area contributed by atoms with E-state index in [-0.39, 0.29) is 0 Å². The van der Waals surface area contributed by atoms with Gasteiger partial charge in [-0.2, -0.15) is 11.8 Å². The lowest BCUT2D eigenvalue weighted by molar-refractivity contribution is 0.363. The summed E-state index contributed by atoms with van der Waals surface area (Å²) in [7, 11) is 2.07. The predicted octanol–water partition coefficient (Wildman–Crippen LogP) is 2.13. The first kappa shape index (κ1) is 9.40. The second kappa shape index (κ2) is 3.81. The molecule has 66 valence electrons. The molecule has 1 atom stereocenters. The van der Waals surface area contributed by atoms with E-state index in [0.717, 1.165) is 6.04 Å². The predicted molar refractivity (Wildman–Crippen MR) is 53.2 cm³/mol. The highest BCUT2D eigenvalue weighted by molar-refractivity contribution is 7.98. The Hall–Kier alpha value is 0.310. The van der Waals surface area contributed by atoms with Gasteiger partial charge in [-0.15, -0.1) is 0 Å². The molecule has 0 saturated heterocycles. The Morgan fingerprint density at radius 3 is 2.55 bits per heavy atom. The van der Waals surface area contributed by atoms with E-state index in [2.05, 4.69) is 25.5 Å². The monoisotopic (exact) mass is 173 g/mol. The minimum atomic E-state index is 0.678. The zero-order valence-electron chi connectivity index (χ0n) is 7.81. The third-order valence-electron chi connectivity index (χ3n) is 3.05. The molecule has 11 heavy (non-hydrogen) atoms. The molecule has 0 aromatic heterocycles. The van der Waals surface area contributed by atoms with E-state index in [1.54, 1.807) is 0 Å².